The smallest absolute Gasteiger partial charge is 0.255 e. The predicted molar refractivity (Wildman–Crippen MR) is 88.0 cm³/mol. The third-order valence-electron chi connectivity index (χ3n) is 4.24. The second-order valence-electron chi connectivity index (χ2n) is 6.05. The average molecular weight is 329 g/mol. The highest BCUT2D eigenvalue weighted by Gasteiger charge is 2.25. The van der Waals surface area contributed by atoms with Gasteiger partial charge in [-0.2, -0.15) is 0 Å². The Hall–Kier alpha value is -2.63. The molecular weight excluding hydrogens is 309 g/mol. The van der Waals surface area contributed by atoms with Crippen LogP contribution in [0.1, 0.15) is 15.9 Å². The van der Waals surface area contributed by atoms with E-state index in [9.17, 15) is 14.0 Å². The Bertz CT molecular complexity index is 748. The summed E-state index contributed by atoms with van der Waals surface area (Å²) in [5.74, 6) is -0.376. The van der Waals surface area contributed by atoms with E-state index in [0.29, 0.717) is 37.3 Å². The van der Waals surface area contributed by atoms with Gasteiger partial charge >= 0.3 is 0 Å². The van der Waals surface area contributed by atoms with Crippen molar-refractivity contribution in [3.8, 4) is 0 Å². The summed E-state index contributed by atoms with van der Waals surface area (Å²) in [7, 11) is 1.87. The minimum Gasteiger partial charge on any atom is -0.356 e. The molecule has 1 fully saturated rings. The van der Waals surface area contributed by atoms with Crippen molar-refractivity contribution in [1.29, 1.82) is 0 Å². The molecule has 0 aliphatic carbocycles. The fourth-order valence-electron chi connectivity index (χ4n) is 2.90. The molecule has 0 N–H and O–H groups in total. The van der Waals surface area contributed by atoms with E-state index in [4.69, 9.17) is 0 Å². The van der Waals surface area contributed by atoms with E-state index in [1.54, 1.807) is 34.2 Å². The van der Waals surface area contributed by atoms with Crippen molar-refractivity contribution in [3.05, 3.63) is 59.7 Å². The monoisotopic (exact) mass is 329 g/mol. The first-order chi connectivity index (χ1) is 11.5. The first-order valence-corrected chi connectivity index (χ1v) is 7.96. The zero-order chi connectivity index (χ0) is 17.1. The van der Waals surface area contributed by atoms with Gasteiger partial charge in [0.25, 0.3) is 5.91 Å². The van der Waals surface area contributed by atoms with Gasteiger partial charge in [0.1, 0.15) is 5.82 Å². The van der Waals surface area contributed by atoms with Crippen LogP contribution in [0.5, 0.6) is 0 Å². The van der Waals surface area contributed by atoms with E-state index in [1.165, 1.54) is 12.1 Å². The van der Waals surface area contributed by atoms with Crippen LogP contribution in [-0.4, -0.2) is 52.4 Å². The lowest BCUT2D eigenvalue weighted by atomic mass is 10.1. The average Bonchev–Trinajstić information content (AvgIpc) is 3.01. The second-order valence-corrected chi connectivity index (χ2v) is 6.05. The number of carbonyl (C=O) groups excluding carboxylic acids is 2. The number of aromatic nitrogens is 1. The lowest BCUT2D eigenvalue weighted by Crippen LogP contribution is -2.50. The lowest BCUT2D eigenvalue weighted by molar-refractivity contribution is -0.131. The highest BCUT2D eigenvalue weighted by Crippen LogP contribution is 2.11. The van der Waals surface area contributed by atoms with Crippen LogP contribution in [0.25, 0.3) is 0 Å². The molecule has 3 rings (SSSR count). The third-order valence-corrected chi connectivity index (χ3v) is 4.24. The molecule has 2 heterocycles. The van der Waals surface area contributed by atoms with Crippen LogP contribution < -0.4 is 0 Å². The summed E-state index contributed by atoms with van der Waals surface area (Å²) < 4.78 is 15.0. The molecule has 0 saturated carbocycles. The summed E-state index contributed by atoms with van der Waals surface area (Å²) in [6, 6.07) is 7.89. The number of rotatable bonds is 3. The first kappa shape index (κ1) is 16.2. The first-order valence-electron chi connectivity index (χ1n) is 7.96. The third kappa shape index (κ3) is 3.64. The standard InChI is InChI=1S/C18H20FN3O2/c1-20-6-5-15(13-20)18(24)22-9-7-21(8-10-22)17(23)12-14-3-2-4-16(19)11-14/h2-6,11,13H,7-10,12H2,1H3. The van der Waals surface area contributed by atoms with Gasteiger partial charge in [-0.3, -0.25) is 9.59 Å². The van der Waals surface area contributed by atoms with Crippen LogP contribution in [0.3, 0.4) is 0 Å². The number of halogens is 1. The predicted octanol–water partition coefficient (Wildman–Crippen LogP) is 1.69. The Labute approximate surface area is 140 Å². The van der Waals surface area contributed by atoms with Gasteiger partial charge in [0, 0.05) is 45.6 Å². The van der Waals surface area contributed by atoms with Gasteiger partial charge in [0.15, 0.2) is 0 Å². The second kappa shape index (κ2) is 6.86. The summed E-state index contributed by atoms with van der Waals surface area (Å²) in [5.41, 5.74) is 1.33. The Morgan fingerprint density at radius 2 is 1.79 bits per heavy atom. The van der Waals surface area contributed by atoms with Crippen molar-refractivity contribution in [1.82, 2.24) is 14.4 Å². The molecule has 1 aromatic heterocycles. The molecule has 6 heteroatoms. The van der Waals surface area contributed by atoms with Gasteiger partial charge in [-0.15, -0.1) is 0 Å². The van der Waals surface area contributed by atoms with Crippen molar-refractivity contribution in [2.45, 2.75) is 6.42 Å². The molecule has 2 aromatic rings. The highest BCUT2D eigenvalue weighted by molar-refractivity contribution is 5.94. The van der Waals surface area contributed by atoms with E-state index in [2.05, 4.69) is 0 Å². The molecule has 0 atom stereocenters. The molecule has 0 spiro atoms. The summed E-state index contributed by atoms with van der Waals surface area (Å²) in [4.78, 5) is 28.2. The van der Waals surface area contributed by atoms with E-state index >= 15 is 0 Å². The molecular formula is C18H20FN3O2. The summed E-state index contributed by atoms with van der Waals surface area (Å²) in [6.45, 7) is 2.05. The quantitative estimate of drug-likeness (QED) is 0.860. The lowest BCUT2D eigenvalue weighted by Gasteiger charge is -2.34. The summed E-state index contributed by atoms with van der Waals surface area (Å²) >= 11 is 0. The molecule has 2 amide bonds. The maximum atomic E-state index is 13.2. The topological polar surface area (TPSA) is 45.6 Å². The Morgan fingerprint density at radius 3 is 2.42 bits per heavy atom. The fourth-order valence-corrected chi connectivity index (χ4v) is 2.90. The fraction of sp³-hybridized carbons (Fsp3) is 0.333. The molecule has 0 radical (unpaired) electrons. The van der Waals surface area contributed by atoms with Crippen LogP contribution in [0, 0.1) is 5.82 Å². The molecule has 1 saturated heterocycles. The van der Waals surface area contributed by atoms with Crippen LogP contribution in [0.4, 0.5) is 4.39 Å². The van der Waals surface area contributed by atoms with Gasteiger partial charge in [0.05, 0.1) is 12.0 Å². The van der Waals surface area contributed by atoms with Gasteiger partial charge in [-0.1, -0.05) is 12.1 Å². The molecule has 1 aliphatic heterocycles. The number of amides is 2. The van der Waals surface area contributed by atoms with E-state index in [1.807, 2.05) is 17.8 Å². The molecule has 126 valence electrons. The summed E-state index contributed by atoms with van der Waals surface area (Å²) in [6.07, 6.45) is 3.82. The minimum absolute atomic E-state index is 0.00664. The number of carbonyl (C=O) groups is 2. The van der Waals surface area contributed by atoms with Crippen molar-refractivity contribution in [2.75, 3.05) is 26.2 Å². The van der Waals surface area contributed by atoms with Crippen molar-refractivity contribution < 1.29 is 14.0 Å². The minimum atomic E-state index is -0.335. The number of nitrogens with zero attached hydrogens (tertiary/aromatic N) is 3. The highest BCUT2D eigenvalue weighted by atomic mass is 19.1. The van der Waals surface area contributed by atoms with E-state index in [-0.39, 0.29) is 24.1 Å². The van der Waals surface area contributed by atoms with E-state index < -0.39 is 0 Å². The largest absolute Gasteiger partial charge is 0.356 e. The SMILES string of the molecule is Cn1ccc(C(=O)N2CCN(C(=O)Cc3cccc(F)c3)CC2)c1. The molecule has 1 aromatic carbocycles. The van der Waals surface area contributed by atoms with Gasteiger partial charge in [-0.05, 0) is 23.8 Å². The Balaban J connectivity index is 1.54. The van der Waals surface area contributed by atoms with Crippen LogP contribution in [0.2, 0.25) is 0 Å². The zero-order valence-electron chi connectivity index (χ0n) is 13.6. The van der Waals surface area contributed by atoms with Crippen LogP contribution in [-0.2, 0) is 18.3 Å². The van der Waals surface area contributed by atoms with Gasteiger partial charge in [0.2, 0.25) is 5.91 Å². The molecule has 0 bridgehead atoms. The molecule has 0 unspecified atom stereocenters. The maximum Gasteiger partial charge on any atom is 0.255 e. The van der Waals surface area contributed by atoms with Gasteiger partial charge < -0.3 is 14.4 Å². The van der Waals surface area contributed by atoms with Gasteiger partial charge in [-0.25, -0.2) is 4.39 Å². The zero-order valence-corrected chi connectivity index (χ0v) is 13.6. The van der Waals surface area contributed by atoms with Crippen molar-refractivity contribution in [2.24, 2.45) is 7.05 Å². The van der Waals surface area contributed by atoms with E-state index in [0.717, 1.165) is 0 Å². The number of benzene rings is 1. The van der Waals surface area contributed by atoms with Crippen molar-refractivity contribution >= 4 is 11.8 Å². The number of hydrogen-bond donors (Lipinski definition) is 0. The maximum absolute atomic E-state index is 13.2. The van der Waals surface area contributed by atoms with Crippen molar-refractivity contribution in [3.63, 3.8) is 0 Å². The number of piperazine rings is 1. The van der Waals surface area contributed by atoms with Crippen LogP contribution in [0.15, 0.2) is 42.7 Å². The summed E-state index contributed by atoms with van der Waals surface area (Å²) in [5, 5.41) is 0. The molecule has 24 heavy (non-hydrogen) atoms. The Morgan fingerprint density at radius 1 is 1.08 bits per heavy atom. The number of hydrogen-bond acceptors (Lipinski definition) is 2. The number of aryl methyl sites for hydroxylation is 1. The normalized spacial score (nSPS) is 14.8. The molecule has 5 nitrogen and oxygen atoms in total. The molecule has 1 aliphatic rings. The van der Waals surface area contributed by atoms with Crippen LogP contribution >= 0.6 is 0 Å². The Kier molecular flexibility index (Phi) is 4.64.